The molecule has 26 heavy (non-hydrogen) atoms. The molecule has 7 nitrogen and oxygen atoms in total. The molecular weight excluding hydrogens is 384 g/mol. The molecule has 2 amide bonds. The number of hydrogen-bond donors (Lipinski definition) is 2. The van der Waals surface area contributed by atoms with Crippen LogP contribution in [0.1, 0.15) is 12.8 Å². The van der Waals surface area contributed by atoms with Gasteiger partial charge in [0.1, 0.15) is 0 Å². The van der Waals surface area contributed by atoms with Gasteiger partial charge in [-0.3, -0.25) is 20.4 Å². The molecule has 2 N–H and O–H groups in total. The van der Waals surface area contributed by atoms with Crippen LogP contribution in [-0.4, -0.2) is 38.3 Å². The summed E-state index contributed by atoms with van der Waals surface area (Å²) in [6, 6.07) is -0.0129. The van der Waals surface area contributed by atoms with Crippen molar-refractivity contribution in [3.05, 3.63) is 29.3 Å². The predicted molar refractivity (Wildman–Crippen MR) is 79.4 cm³/mol. The normalized spacial score (nSPS) is 18.4. The van der Waals surface area contributed by atoms with E-state index in [0.29, 0.717) is 6.42 Å². The summed E-state index contributed by atoms with van der Waals surface area (Å²) in [5.41, 5.74) is 3.85. The second kappa shape index (κ2) is 7.89. The molecular formula is C14H14F4N2O5S. The van der Waals surface area contributed by atoms with E-state index in [1.54, 1.807) is 0 Å². The van der Waals surface area contributed by atoms with Gasteiger partial charge in [0.15, 0.2) is 33.8 Å². The molecule has 1 aromatic carbocycles. The Balaban J connectivity index is 1.80. The van der Waals surface area contributed by atoms with Crippen LogP contribution in [-0.2, 0) is 19.4 Å². The van der Waals surface area contributed by atoms with Crippen LogP contribution < -0.4 is 15.6 Å². The van der Waals surface area contributed by atoms with Crippen molar-refractivity contribution in [2.45, 2.75) is 12.8 Å². The van der Waals surface area contributed by atoms with Gasteiger partial charge in [0.25, 0.3) is 5.91 Å². The maximum absolute atomic E-state index is 13.3. The van der Waals surface area contributed by atoms with Crippen LogP contribution >= 0.6 is 0 Å². The van der Waals surface area contributed by atoms with Crippen LogP contribution in [0.5, 0.6) is 5.75 Å². The molecule has 1 heterocycles. The first-order valence-corrected chi connectivity index (χ1v) is 9.15. The molecule has 2 rings (SSSR count). The summed E-state index contributed by atoms with van der Waals surface area (Å²) in [6.45, 7) is -1.03. The molecule has 1 atom stereocenters. The van der Waals surface area contributed by atoms with Crippen molar-refractivity contribution in [1.82, 2.24) is 10.9 Å². The Morgan fingerprint density at radius 3 is 2.19 bits per heavy atom. The van der Waals surface area contributed by atoms with Crippen LogP contribution in [0.25, 0.3) is 0 Å². The standard InChI is InChI=1S/C14H14F4N2O5S/c15-8-4-9(16)13(18)14(12(8)17)25-5-11(22)20-19-10(21)3-7-1-2-26(23,24)6-7/h4,7H,1-3,5-6H2,(H,19,21)(H,20,22)/t7-/m0/s1. The van der Waals surface area contributed by atoms with Gasteiger partial charge in [0, 0.05) is 12.5 Å². The molecule has 144 valence electrons. The molecule has 0 saturated carbocycles. The van der Waals surface area contributed by atoms with Gasteiger partial charge in [-0.15, -0.1) is 0 Å². The van der Waals surface area contributed by atoms with E-state index in [9.17, 15) is 35.6 Å². The molecule has 0 bridgehead atoms. The lowest BCUT2D eigenvalue weighted by Gasteiger charge is -2.11. The number of carbonyl (C=O) groups excluding carboxylic acids is 2. The monoisotopic (exact) mass is 398 g/mol. The third kappa shape index (κ3) is 5.07. The molecule has 0 radical (unpaired) electrons. The van der Waals surface area contributed by atoms with Gasteiger partial charge in [-0.05, 0) is 12.3 Å². The predicted octanol–water partition coefficient (Wildman–Crippen LogP) is 0.594. The zero-order valence-electron chi connectivity index (χ0n) is 13.2. The summed E-state index contributed by atoms with van der Waals surface area (Å²) < 4.78 is 79.6. The number of benzene rings is 1. The van der Waals surface area contributed by atoms with Gasteiger partial charge in [-0.2, -0.15) is 8.78 Å². The smallest absolute Gasteiger partial charge is 0.276 e. The fourth-order valence-corrected chi connectivity index (χ4v) is 4.20. The van der Waals surface area contributed by atoms with E-state index in [0.717, 1.165) is 0 Å². The first kappa shape index (κ1) is 19.9. The van der Waals surface area contributed by atoms with Gasteiger partial charge in [0.05, 0.1) is 11.5 Å². The van der Waals surface area contributed by atoms with Gasteiger partial charge < -0.3 is 4.74 Å². The van der Waals surface area contributed by atoms with Crippen molar-refractivity contribution in [3.8, 4) is 5.75 Å². The van der Waals surface area contributed by atoms with Crippen molar-refractivity contribution in [3.63, 3.8) is 0 Å². The number of hydrazine groups is 1. The van der Waals surface area contributed by atoms with Crippen molar-refractivity contribution in [2.75, 3.05) is 18.1 Å². The molecule has 1 aromatic rings. The van der Waals surface area contributed by atoms with E-state index in [4.69, 9.17) is 0 Å². The number of halogens is 4. The van der Waals surface area contributed by atoms with Gasteiger partial charge in [0.2, 0.25) is 17.5 Å². The van der Waals surface area contributed by atoms with E-state index >= 15 is 0 Å². The number of sulfone groups is 1. The Morgan fingerprint density at radius 1 is 1.08 bits per heavy atom. The van der Waals surface area contributed by atoms with E-state index < -0.39 is 57.3 Å². The second-order valence-electron chi connectivity index (χ2n) is 5.66. The zero-order valence-corrected chi connectivity index (χ0v) is 14.0. The quantitative estimate of drug-likeness (QED) is 0.430. The molecule has 0 spiro atoms. The summed E-state index contributed by atoms with van der Waals surface area (Å²) in [7, 11) is -3.15. The maximum Gasteiger partial charge on any atom is 0.276 e. The van der Waals surface area contributed by atoms with E-state index in [1.165, 1.54) is 0 Å². The van der Waals surface area contributed by atoms with Gasteiger partial charge in [-0.1, -0.05) is 0 Å². The summed E-state index contributed by atoms with van der Waals surface area (Å²) in [6.07, 6.45) is 0.190. The number of carbonyl (C=O) groups is 2. The average Bonchev–Trinajstić information content (AvgIpc) is 2.89. The molecule has 0 unspecified atom stereocenters. The first-order valence-electron chi connectivity index (χ1n) is 7.33. The fourth-order valence-electron chi connectivity index (χ4n) is 2.34. The van der Waals surface area contributed by atoms with Crippen LogP contribution in [0.2, 0.25) is 0 Å². The highest BCUT2D eigenvalue weighted by Gasteiger charge is 2.29. The number of amides is 2. The molecule has 1 fully saturated rings. The topological polar surface area (TPSA) is 102 Å². The van der Waals surface area contributed by atoms with E-state index in [-0.39, 0.29) is 29.9 Å². The highest BCUT2D eigenvalue weighted by molar-refractivity contribution is 7.91. The maximum atomic E-state index is 13.3. The summed E-state index contributed by atoms with van der Waals surface area (Å²) in [4.78, 5) is 23.1. The molecule has 0 aliphatic carbocycles. The average molecular weight is 398 g/mol. The van der Waals surface area contributed by atoms with E-state index in [1.807, 2.05) is 10.9 Å². The number of ether oxygens (including phenoxy) is 1. The summed E-state index contributed by atoms with van der Waals surface area (Å²) in [5, 5.41) is 0. The Bertz CT molecular complexity index is 805. The van der Waals surface area contributed by atoms with Gasteiger partial charge in [-0.25, -0.2) is 17.2 Å². The fraction of sp³-hybridized carbons (Fsp3) is 0.429. The molecule has 1 aliphatic rings. The third-order valence-electron chi connectivity index (χ3n) is 3.56. The Labute approximate surface area is 145 Å². The minimum atomic E-state index is -3.15. The van der Waals surface area contributed by atoms with E-state index in [2.05, 4.69) is 4.74 Å². The minimum Gasteiger partial charge on any atom is -0.477 e. The molecule has 1 aliphatic heterocycles. The van der Waals surface area contributed by atoms with Crippen molar-refractivity contribution in [2.24, 2.45) is 5.92 Å². The van der Waals surface area contributed by atoms with Crippen molar-refractivity contribution >= 4 is 21.7 Å². The molecule has 0 aromatic heterocycles. The largest absolute Gasteiger partial charge is 0.477 e. The van der Waals surface area contributed by atoms with Gasteiger partial charge >= 0.3 is 0 Å². The lowest BCUT2D eigenvalue weighted by atomic mass is 10.1. The SMILES string of the molecule is O=C(COc1c(F)c(F)cc(F)c1F)NNC(=O)C[C@@H]1CCS(=O)(=O)C1. The minimum absolute atomic E-state index is 0.00747. The summed E-state index contributed by atoms with van der Waals surface area (Å²) in [5.74, 6) is -10.6. The van der Waals surface area contributed by atoms with Crippen LogP contribution in [0.4, 0.5) is 17.6 Å². The lowest BCUT2D eigenvalue weighted by molar-refractivity contribution is -0.130. The van der Waals surface area contributed by atoms with Crippen molar-refractivity contribution < 1.29 is 40.3 Å². The molecule has 12 heteroatoms. The van der Waals surface area contributed by atoms with Crippen molar-refractivity contribution in [1.29, 1.82) is 0 Å². The third-order valence-corrected chi connectivity index (χ3v) is 5.40. The highest BCUT2D eigenvalue weighted by atomic mass is 32.2. The van der Waals surface area contributed by atoms with Crippen LogP contribution in [0, 0.1) is 29.2 Å². The van der Waals surface area contributed by atoms with Crippen LogP contribution in [0.15, 0.2) is 6.07 Å². The zero-order chi connectivity index (χ0) is 19.5. The second-order valence-corrected chi connectivity index (χ2v) is 7.88. The highest BCUT2D eigenvalue weighted by Crippen LogP contribution is 2.26. The molecule has 1 saturated heterocycles. The summed E-state index contributed by atoms with van der Waals surface area (Å²) >= 11 is 0. The van der Waals surface area contributed by atoms with Crippen LogP contribution in [0.3, 0.4) is 0 Å². The first-order chi connectivity index (χ1) is 12.1. The number of nitrogens with one attached hydrogen (secondary N) is 2. The Kier molecular flexibility index (Phi) is 6.05. The Morgan fingerprint density at radius 2 is 1.65 bits per heavy atom. The number of hydrogen-bond acceptors (Lipinski definition) is 5. The lowest BCUT2D eigenvalue weighted by Crippen LogP contribution is -2.44. The number of rotatable bonds is 5. The Hall–Kier alpha value is -2.37.